The lowest BCUT2D eigenvalue weighted by atomic mass is 10.1. The van der Waals surface area contributed by atoms with E-state index in [1.165, 1.54) is 4.88 Å². The van der Waals surface area contributed by atoms with E-state index in [0.29, 0.717) is 0 Å². The summed E-state index contributed by atoms with van der Waals surface area (Å²) >= 11 is 5.23. The van der Waals surface area contributed by atoms with Crippen molar-refractivity contribution in [3.63, 3.8) is 0 Å². The van der Waals surface area contributed by atoms with Gasteiger partial charge in [-0.3, -0.25) is 4.68 Å². The van der Waals surface area contributed by atoms with E-state index in [-0.39, 0.29) is 6.04 Å². The fourth-order valence-electron chi connectivity index (χ4n) is 1.42. The van der Waals surface area contributed by atoms with Crippen LogP contribution in [0.2, 0.25) is 0 Å². The first-order chi connectivity index (χ1) is 7.16. The number of hydrogen-bond acceptors (Lipinski definition) is 3. The average Bonchev–Trinajstić information content (AvgIpc) is 2.77. The highest BCUT2D eigenvalue weighted by atomic mass is 79.9. The largest absolute Gasteiger partial charge is 0.324 e. The van der Waals surface area contributed by atoms with Gasteiger partial charge in [-0.1, -0.05) is 0 Å². The Kier molecular flexibility index (Phi) is 3.23. The number of halogens is 1. The van der Waals surface area contributed by atoms with Crippen molar-refractivity contribution in [3.05, 3.63) is 38.8 Å². The van der Waals surface area contributed by atoms with Crippen molar-refractivity contribution in [3.8, 4) is 0 Å². The monoisotopic (exact) mass is 285 g/mol. The zero-order valence-electron chi connectivity index (χ0n) is 8.35. The van der Waals surface area contributed by atoms with Crippen LogP contribution >= 0.6 is 27.3 Å². The second-order valence-corrected chi connectivity index (χ2v) is 5.30. The van der Waals surface area contributed by atoms with Crippen LogP contribution in [-0.2, 0) is 13.5 Å². The minimum absolute atomic E-state index is 0.0219. The third-order valence-electron chi connectivity index (χ3n) is 2.25. The average molecular weight is 286 g/mol. The SMILES string of the molecule is Cn1cc(C(N)Cc2sccc2Br)cn1. The molecule has 0 bridgehead atoms. The van der Waals surface area contributed by atoms with Crippen molar-refractivity contribution in [2.75, 3.05) is 0 Å². The van der Waals surface area contributed by atoms with E-state index < -0.39 is 0 Å². The van der Waals surface area contributed by atoms with Gasteiger partial charge in [0.25, 0.3) is 0 Å². The number of nitrogens with two attached hydrogens (primary N) is 1. The van der Waals surface area contributed by atoms with E-state index in [4.69, 9.17) is 5.73 Å². The summed E-state index contributed by atoms with van der Waals surface area (Å²) in [5, 5.41) is 6.18. The molecule has 0 amide bonds. The molecule has 1 atom stereocenters. The standard InChI is InChI=1S/C10H12BrN3S/c1-14-6-7(5-13-14)9(12)4-10-8(11)2-3-15-10/h2-3,5-6,9H,4,12H2,1H3. The zero-order valence-corrected chi connectivity index (χ0v) is 10.8. The number of aryl methyl sites for hydroxylation is 1. The molecule has 0 fully saturated rings. The second-order valence-electron chi connectivity index (χ2n) is 3.45. The lowest BCUT2D eigenvalue weighted by Crippen LogP contribution is -2.12. The highest BCUT2D eigenvalue weighted by Gasteiger charge is 2.11. The summed E-state index contributed by atoms with van der Waals surface area (Å²) in [6.45, 7) is 0. The van der Waals surface area contributed by atoms with Crippen molar-refractivity contribution >= 4 is 27.3 Å². The molecule has 2 heterocycles. The predicted molar refractivity (Wildman–Crippen MR) is 65.9 cm³/mol. The Hall–Kier alpha value is -0.650. The number of hydrogen-bond donors (Lipinski definition) is 1. The molecule has 2 aromatic heterocycles. The minimum atomic E-state index is 0.0219. The van der Waals surface area contributed by atoms with Gasteiger partial charge in [0.1, 0.15) is 0 Å². The van der Waals surface area contributed by atoms with Gasteiger partial charge in [0, 0.05) is 40.6 Å². The van der Waals surface area contributed by atoms with Crippen molar-refractivity contribution in [1.82, 2.24) is 9.78 Å². The molecule has 2 N–H and O–H groups in total. The maximum absolute atomic E-state index is 6.10. The van der Waals surface area contributed by atoms with E-state index in [9.17, 15) is 0 Å². The van der Waals surface area contributed by atoms with Crippen LogP contribution in [-0.4, -0.2) is 9.78 Å². The molecule has 0 aliphatic rings. The molecular weight excluding hydrogens is 274 g/mol. The minimum Gasteiger partial charge on any atom is -0.324 e. The van der Waals surface area contributed by atoms with Crippen LogP contribution in [0.5, 0.6) is 0 Å². The van der Waals surface area contributed by atoms with Gasteiger partial charge in [-0.25, -0.2) is 0 Å². The first kappa shape index (κ1) is 10.9. The maximum atomic E-state index is 6.10. The van der Waals surface area contributed by atoms with Crippen LogP contribution in [0.15, 0.2) is 28.3 Å². The van der Waals surface area contributed by atoms with E-state index in [0.717, 1.165) is 16.5 Å². The molecule has 0 aliphatic carbocycles. The smallest absolute Gasteiger partial charge is 0.0537 e. The van der Waals surface area contributed by atoms with Gasteiger partial charge < -0.3 is 5.73 Å². The van der Waals surface area contributed by atoms with E-state index >= 15 is 0 Å². The van der Waals surface area contributed by atoms with Crippen LogP contribution in [0.25, 0.3) is 0 Å². The normalized spacial score (nSPS) is 13.0. The van der Waals surface area contributed by atoms with Gasteiger partial charge in [-0.05, 0) is 27.4 Å². The molecule has 3 nitrogen and oxygen atoms in total. The molecule has 80 valence electrons. The summed E-state index contributed by atoms with van der Waals surface area (Å²) in [4.78, 5) is 1.28. The Morgan fingerprint density at radius 1 is 1.67 bits per heavy atom. The molecule has 2 rings (SSSR count). The topological polar surface area (TPSA) is 43.8 Å². The predicted octanol–water partition coefficient (Wildman–Crippen LogP) is 2.49. The Morgan fingerprint density at radius 3 is 3.00 bits per heavy atom. The highest BCUT2D eigenvalue weighted by Crippen LogP contribution is 2.26. The molecule has 0 saturated heterocycles. The van der Waals surface area contributed by atoms with Crippen molar-refractivity contribution < 1.29 is 0 Å². The zero-order chi connectivity index (χ0) is 10.8. The number of nitrogens with zero attached hydrogens (tertiary/aromatic N) is 2. The number of thiophene rings is 1. The molecule has 0 spiro atoms. The molecule has 0 aliphatic heterocycles. The van der Waals surface area contributed by atoms with Crippen molar-refractivity contribution in [2.45, 2.75) is 12.5 Å². The lowest BCUT2D eigenvalue weighted by molar-refractivity contribution is 0.723. The van der Waals surface area contributed by atoms with Crippen LogP contribution in [0.3, 0.4) is 0 Å². The summed E-state index contributed by atoms with van der Waals surface area (Å²) in [5.41, 5.74) is 7.18. The first-order valence-corrected chi connectivity index (χ1v) is 6.30. The summed E-state index contributed by atoms with van der Waals surface area (Å²) < 4.78 is 2.92. The fourth-order valence-corrected chi connectivity index (χ4v) is 2.99. The highest BCUT2D eigenvalue weighted by molar-refractivity contribution is 9.10. The third kappa shape index (κ3) is 2.48. The maximum Gasteiger partial charge on any atom is 0.0537 e. The van der Waals surface area contributed by atoms with Crippen LogP contribution < -0.4 is 5.73 Å². The number of aromatic nitrogens is 2. The van der Waals surface area contributed by atoms with Gasteiger partial charge >= 0.3 is 0 Å². The third-order valence-corrected chi connectivity index (χ3v) is 4.20. The Morgan fingerprint density at radius 2 is 2.47 bits per heavy atom. The molecule has 1 unspecified atom stereocenters. The van der Waals surface area contributed by atoms with Gasteiger partial charge in [-0.2, -0.15) is 5.10 Å². The quantitative estimate of drug-likeness (QED) is 0.942. The van der Waals surface area contributed by atoms with E-state index in [1.807, 2.05) is 19.4 Å². The molecule has 0 aromatic carbocycles. The van der Waals surface area contributed by atoms with Gasteiger partial charge in [-0.15, -0.1) is 11.3 Å². The Bertz CT molecular complexity index is 449. The molecule has 0 saturated carbocycles. The van der Waals surface area contributed by atoms with Crippen LogP contribution in [0.1, 0.15) is 16.5 Å². The van der Waals surface area contributed by atoms with Crippen molar-refractivity contribution in [1.29, 1.82) is 0 Å². The second kappa shape index (κ2) is 4.47. The molecule has 0 radical (unpaired) electrons. The first-order valence-electron chi connectivity index (χ1n) is 4.63. The summed E-state index contributed by atoms with van der Waals surface area (Å²) in [5.74, 6) is 0. The lowest BCUT2D eigenvalue weighted by Gasteiger charge is -2.07. The molecule has 5 heteroatoms. The van der Waals surface area contributed by atoms with Gasteiger partial charge in [0.05, 0.1) is 6.20 Å². The Balaban J connectivity index is 2.10. The summed E-state index contributed by atoms with van der Waals surface area (Å²) in [6, 6.07) is 2.07. The van der Waals surface area contributed by atoms with Gasteiger partial charge in [0.15, 0.2) is 0 Å². The molecule has 2 aromatic rings. The van der Waals surface area contributed by atoms with Crippen LogP contribution in [0, 0.1) is 0 Å². The van der Waals surface area contributed by atoms with E-state index in [1.54, 1.807) is 16.0 Å². The van der Waals surface area contributed by atoms with Gasteiger partial charge in [0.2, 0.25) is 0 Å². The van der Waals surface area contributed by atoms with Crippen molar-refractivity contribution in [2.24, 2.45) is 12.8 Å². The molecular formula is C10H12BrN3S. The summed E-state index contributed by atoms with van der Waals surface area (Å²) in [7, 11) is 1.90. The Labute approximate surface area is 101 Å². The fraction of sp³-hybridized carbons (Fsp3) is 0.300. The molecule has 15 heavy (non-hydrogen) atoms. The number of rotatable bonds is 3. The van der Waals surface area contributed by atoms with Crippen LogP contribution in [0.4, 0.5) is 0 Å². The van der Waals surface area contributed by atoms with E-state index in [2.05, 4.69) is 32.5 Å². The summed E-state index contributed by atoms with van der Waals surface area (Å²) in [6.07, 6.45) is 4.64.